The van der Waals surface area contributed by atoms with E-state index < -0.39 is 0 Å². The van der Waals surface area contributed by atoms with Crippen LogP contribution in [-0.4, -0.2) is 4.98 Å². The van der Waals surface area contributed by atoms with E-state index in [1.165, 1.54) is 0 Å². The van der Waals surface area contributed by atoms with Crippen LogP contribution in [0, 0.1) is 12.3 Å². The van der Waals surface area contributed by atoms with E-state index in [1.807, 2.05) is 12.1 Å². The molecule has 0 aliphatic carbocycles. The minimum Gasteiger partial charge on any atom is -0.243 e. The molecular formula is C8H6ClN. The normalized spacial score (nSPS) is 8.80. The monoisotopic (exact) mass is 151 g/mol. The molecular weight excluding hydrogens is 146 g/mol. The Morgan fingerprint density at radius 3 is 3.00 bits per heavy atom. The molecule has 0 bridgehead atoms. The molecule has 0 saturated heterocycles. The van der Waals surface area contributed by atoms with E-state index in [4.69, 9.17) is 18.0 Å². The van der Waals surface area contributed by atoms with Crippen LogP contribution in [0.1, 0.15) is 11.4 Å². The van der Waals surface area contributed by atoms with Crippen LogP contribution >= 0.6 is 11.6 Å². The van der Waals surface area contributed by atoms with Crippen molar-refractivity contribution in [3.63, 3.8) is 0 Å². The minimum atomic E-state index is 0.412. The summed E-state index contributed by atoms with van der Waals surface area (Å²) in [5.74, 6) is 2.84. The molecule has 0 spiro atoms. The second-order valence-corrected chi connectivity index (χ2v) is 2.06. The van der Waals surface area contributed by atoms with Gasteiger partial charge in [-0.15, -0.1) is 18.0 Å². The average molecular weight is 152 g/mol. The number of nitrogens with zero attached hydrogens (tertiary/aromatic N) is 1. The Morgan fingerprint density at radius 1 is 1.60 bits per heavy atom. The van der Waals surface area contributed by atoms with Crippen LogP contribution in [0.15, 0.2) is 18.2 Å². The topological polar surface area (TPSA) is 12.9 Å². The van der Waals surface area contributed by atoms with Gasteiger partial charge in [0.15, 0.2) is 0 Å². The fourth-order valence-electron chi connectivity index (χ4n) is 0.634. The molecule has 1 aromatic heterocycles. The van der Waals surface area contributed by atoms with Crippen LogP contribution in [0.2, 0.25) is 0 Å². The van der Waals surface area contributed by atoms with Gasteiger partial charge in [-0.1, -0.05) is 12.0 Å². The lowest BCUT2D eigenvalue weighted by Gasteiger charge is -1.92. The summed E-state index contributed by atoms with van der Waals surface area (Å²) in [7, 11) is 0. The Labute approximate surface area is 65.0 Å². The summed E-state index contributed by atoms with van der Waals surface area (Å²) < 4.78 is 0. The maximum Gasteiger partial charge on any atom is 0.113 e. The number of rotatable bonds is 1. The van der Waals surface area contributed by atoms with E-state index in [0.29, 0.717) is 11.6 Å². The SMILES string of the molecule is C#Cc1cccc(CCl)n1. The number of aromatic nitrogens is 1. The summed E-state index contributed by atoms with van der Waals surface area (Å²) in [5, 5.41) is 0. The number of halogens is 1. The third-order valence-corrected chi connectivity index (χ3v) is 1.37. The zero-order valence-electron chi connectivity index (χ0n) is 5.34. The van der Waals surface area contributed by atoms with Crippen molar-refractivity contribution in [1.82, 2.24) is 4.98 Å². The number of pyridine rings is 1. The lowest BCUT2D eigenvalue weighted by molar-refractivity contribution is 1.15. The summed E-state index contributed by atoms with van der Waals surface area (Å²) in [6, 6.07) is 5.46. The minimum absolute atomic E-state index is 0.412. The number of hydrogen-bond acceptors (Lipinski definition) is 1. The maximum absolute atomic E-state index is 5.52. The van der Waals surface area contributed by atoms with Gasteiger partial charge in [0.1, 0.15) is 5.69 Å². The van der Waals surface area contributed by atoms with Crippen LogP contribution in [0.5, 0.6) is 0 Å². The molecule has 0 aromatic carbocycles. The fourth-order valence-corrected chi connectivity index (χ4v) is 0.783. The van der Waals surface area contributed by atoms with Gasteiger partial charge < -0.3 is 0 Å². The van der Waals surface area contributed by atoms with Gasteiger partial charge in [0, 0.05) is 0 Å². The van der Waals surface area contributed by atoms with Crippen molar-refractivity contribution in [1.29, 1.82) is 0 Å². The molecule has 0 atom stereocenters. The van der Waals surface area contributed by atoms with Gasteiger partial charge in [0.25, 0.3) is 0 Å². The molecule has 1 nitrogen and oxygen atoms in total. The Hall–Kier alpha value is -1.00. The number of terminal acetylenes is 1. The van der Waals surface area contributed by atoms with Gasteiger partial charge in [0.2, 0.25) is 0 Å². The molecule has 0 unspecified atom stereocenters. The molecule has 0 radical (unpaired) electrons. The standard InChI is InChI=1S/C8H6ClN/c1-2-7-4-3-5-8(6-9)10-7/h1,3-5H,6H2. The van der Waals surface area contributed by atoms with Crippen molar-refractivity contribution < 1.29 is 0 Å². The predicted molar refractivity (Wildman–Crippen MR) is 41.7 cm³/mol. The van der Waals surface area contributed by atoms with Crippen molar-refractivity contribution in [2.24, 2.45) is 0 Å². The van der Waals surface area contributed by atoms with E-state index in [-0.39, 0.29) is 0 Å². The number of alkyl halides is 1. The highest BCUT2D eigenvalue weighted by atomic mass is 35.5. The average Bonchev–Trinajstić information content (AvgIpc) is 2.05. The summed E-state index contributed by atoms with van der Waals surface area (Å²) in [4.78, 5) is 4.04. The summed E-state index contributed by atoms with van der Waals surface area (Å²) in [6.07, 6.45) is 5.12. The Kier molecular flexibility index (Phi) is 2.30. The van der Waals surface area contributed by atoms with Gasteiger partial charge in [-0.3, -0.25) is 0 Å². The summed E-state index contributed by atoms with van der Waals surface area (Å²) in [6.45, 7) is 0. The van der Waals surface area contributed by atoms with Crippen LogP contribution in [0.4, 0.5) is 0 Å². The highest BCUT2D eigenvalue weighted by Gasteiger charge is 1.90. The fraction of sp³-hybridized carbons (Fsp3) is 0.125. The first-order valence-electron chi connectivity index (χ1n) is 2.85. The first kappa shape index (κ1) is 7.11. The maximum atomic E-state index is 5.52. The largest absolute Gasteiger partial charge is 0.243 e. The van der Waals surface area contributed by atoms with Gasteiger partial charge >= 0.3 is 0 Å². The van der Waals surface area contributed by atoms with Gasteiger partial charge in [-0.2, -0.15) is 0 Å². The van der Waals surface area contributed by atoms with Gasteiger partial charge in [0.05, 0.1) is 11.6 Å². The molecule has 0 aliphatic heterocycles. The zero-order chi connectivity index (χ0) is 7.40. The second kappa shape index (κ2) is 3.24. The van der Waals surface area contributed by atoms with Gasteiger partial charge in [-0.05, 0) is 12.1 Å². The molecule has 10 heavy (non-hydrogen) atoms. The third-order valence-electron chi connectivity index (χ3n) is 1.09. The first-order chi connectivity index (χ1) is 4.86. The van der Waals surface area contributed by atoms with Crippen LogP contribution in [0.3, 0.4) is 0 Å². The molecule has 1 rings (SSSR count). The lowest BCUT2D eigenvalue weighted by Crippen LogP contribution is -1.87. The molecule has 0 fully saturated rings. The molecule has 0 aliphatic rings. The highest BCUT2D eigenvalue weighted by molar-refractivity contribution is 6.16. The summed E-state index contributed by atoms with van der Waals surface area (Å²) >= 11 is 5.52. The molecule has 0 amide bonds. The van der Waals surface area contributed by atoms with Crippen molar-refractivity contribution in [3.05, 3.63) is 29.6 Å². The Bertz CT molecular complexity index is 262. The molecule has 0 N–H and O–H groups in total. The first-order valence-corrected chi connectivity index (χ1v) is 3.39. The van der Waals surface area contributed by atoms with Crippen LogP contribution < -0.4 is 0 Å². The van der Waals surface area contributed by atoms with E-state index in [1.54, 1.807) is 6.07 Å². The Balaban J connectivity index is 3.01. The summed E-state index contributed by atoms with van der Waals surface area (Å²) in [5.41, 5.74) is 1.45. The second-order valence-electron chi connectivity index (χ2n) is 1.79. The quantitative estimate of drug-likeness (QED) is 0.441. The van der Waals surface area contributed by atoms with Crippen LogP contribution in [-0.2, 0) is 5.88 Å². The van der Waals surface area contributed by atoms with E-state index in [0.717, 1.165) is 5.69 Å². The van der Waals surface area contributed by atoms with Crippen LogP contribution in [0.25, 0.3) is 0 Å². The molecule has 1 heterocycles. The van der Waals surface area contributed by atoms with Crippen molar-refractivity contribution >= 4 is 11.6 Å². The molecule has 0 saturated carbocycles. The predicted octanol–water partition coefficient (Wildman–Crippen LogP) is 1.80. The molecule has 1 aromatic rings. The molecule has 2 heteroatoms. The highest BCUT2D eigenvalue weighted by Crippen LogP contribution is 2.00. The smallest absolute Gasteiger partial charge is 0.113 e. The van der Waals surface area contributed by atoms with Crippen molar-refractivity contribution in [2.45, 2.75) is 5.88 Å². The number of hydrogen-bond donors (Lipinski definition) is 0. The van der Waals surface area contributed by atoms with Crippen molar-refractivity contribution in [3.8, 4) is 12.3 Å². The lowest BCUT2D eigenvalue weighted by atomic mass is 10.3. The third kappa shape index (κ3) is 1.49. The van der Waals surface area contributed by atoms with E-state index in [9.17, 15) is 0 Å². The molecule has 50 valence electrons. The zero-order valence-corrected chi connectivity index (χ0v) is 6.10. The van der Waals surface area contributed by atoms with Gasteiger partial charge in [-0.25, -0.2) is 4.98 Å². The van der Waals surface area contributed by atoms with Crippen molar-refractivity contribution in [2.75, 3.05) is 0 Å². The Morgan fingerprint density at radius 2 is 2.40 bits per heavy atom. The van der Waals surface area contributed by atoms with E-state index in [2.05, 4.69) is 10.9 Å². The van der Waals surface area contributed by atoms with E-state index >= 15 is 0 Å².